The van der Waals surface area contributed by atoms with Crippen molar-refractivity contribution in [3.63, 3.8) is 0 Å². The highest BCUT2D eigenvalue weighted by molar-refractivity contribution is 5.94. The minimum absolute atomic E-state index is 0.0184. The molecule has 0 saturated carbocycles. The summed E-state index contributed by atoms with van der Waals surface area (Å²) < 4.78 is 12.1. The van der Waals surface area contributed by atoms with Crippen LogP contribution < -0.4 is 15.0 Å². The zero-order chi connectivity index (χ0) is 19.4. The second kappa shape index (κ2) is 7.96. The van der Waals surface area contributed by atoms with Crippen molar-refractivity contribution >= 4 is 16.8 Å². The number of methoxy groups -OCH3 is 1. The number of Topliss-reactive ketones (excluding diaryl/α,β-unsaturated/α-hetero) is 1. The second-order valence-corrected chi connectivity index (χ2v) is 5.96. The highest BCUT2D eigenvalue weighted by atomic mass is 16.5. The van der Waals surface area contributed by atoms with Crippen LogP contribution >= 0.6 is 0 Å². The van der Waals surface area contributed by atoms with Crippen molar-refractivity contribution in [1.82, 2.24) is 14.5 Å². The molecule has 0 radical (unpaired) electrons. The van der Waals surface area contributed by atoms with Crippen LogP contribution in [0.1, 0.15) is 17.3 Å². The number of carbonyl (C=O) groups excluding carboxylic acids is 1. The van der Waals surface area contributed by atoms with Gasteiger partial charge in [-0.05, 0) is 37.3 Å². The molecule has 1 atom stereocenters. The maximum Gasteiger partial charge on any atom is 0.262 e. The Morgan fingerprint density at radius 1 is 1.26 bits per heavy atom. The molecular formula is C19H19N3O5. The number of fused-ring (bicyclic) bond motifs is 1. The molecule has 0 aliphatic carbocycles. The highest BCUT2D eigenvalue weighted by Crippen LogP contribution is 2.28. The summed E-state index contributed by atoms with van der Waals surface area (Å²) in [6.45, 7) is 1.42. The molecule has 1 N–H and O–H groups in total. The van der Waals surface area contributed by atoms with Crippen LogP contribution in [-0.4, -0.2) is 45.2 Å². The van der Waals surface area contributed by atoms with Gasteiger partial charge in [-0.25, -0.2) is 9.97 Å². The second-order valence-electron chi connectivity index (χ2n) is 5.96. The number of nitrogens with zero attached hydrogens (tertiary/aromatic N) is 3. The third-order valence-electron chi connectivity index (χ3n) is 4.01. The first-order chi connectivity index (χ1) is 13.0. The molecule has 0 aliphatic heterocycles. The summed E-state index contributed by atoms with van der Waals surface area (Å²) in [7, 11) is 1.47. The number of carbonyl (C=O) groups is 1. The average molecular weight is 369 g/mol. The van der Waals surface area contributed by atoms with Gasteiger partial charge in [0, 0.05) is 11.8 Å². The van der Waals surface area contributed by atoms with Crippen LogP contribution in [0.15, 0.2) is 47.7 Å². The molecule has 140 valence electrons. The molecule has 8 nitrogen and oxygen atoms in total. The topological polar surface area (TPSA) is 104 Å². The van der Waals surface area contributed by atoms with Gasteiger partial charge >= 0.3 is 0 Å². The molecule has 0 amide bonds. The number of hydrogen-bond donors (Lipinski definition) is 1. The Hall–Kier alpha value is -3.26. The van der Waals surface area contributed by atoms with Gasteiger partial charge in [0.15, 0.2) is 22.9 Å². The molecule has 27 heavy (non-hydrogen) atoms. The van der Waals surface area contributed by atoms with E-state index < -0.39 is 6.10 Å². The largest absolute Gasteiger partial charge is 0.493 e. The summed E-state index contributed by atoms with van der Waals surface area (Å²) in [5, 5.41) is 10.6. The number of aromatic nitrogens is 3. The van der Waals surface area contributed by atoms with Gasteiger partial charge in [-0.1, -0.05) is 0 Å². The number of benzene rings is 1. The Morgan fingerprint density at radius 3 is 2.81 bits per heavy atom. The van der Waals surface area contributed by atoms with Crippen molar-refractivity contribution < 1.29 is 19.4 Å². The molecule has 8 heteroatoms. The minimum atomic E-state index is -0.948. The van der Waals surface area contributed by atoms with Crippen molar-refractivity contribution in [2.45, 2.75) is 19.6 Å². The lowest BCUT2D eigenvalue weighted by Gasteiger charge is -2.16. The molecule has 3 rings (SSSR count). The van der Waals surface area contributed by atoms with E-state index in [-0.39, 0.29) is 24.5 Å². The monoisotopic (exact) mass is 369 g/mol. The van der Waals surface area contributed by atoms with Crippen LogP contribution in [0.4, 0.5) is 0 Å². The van der Waals surface area contributed by atoms with E-state index in [9.17, 15) is 14.7 Å². The Kier molecular flexibility index (Phi) is 5.46. The molecule has 0 spiro atoms. The smallest absolute Gasteiger partial charge is 0.262 e. The van der Waals surface area contributed by atoms with Gasteiger partial charge in [0.1, 0.15) is 19.0 Å². The summed E-state index contributed by atoms with van der Waals surface area (Å²) in [6.07, 6.45) is 1.96. The lowest BCUT2D eigenvalue weighted by Crippen LogP contribution is -2.30. The molecular weight excluding hydrogens is 350 g/mol. The number of hydrogen-bond acceptors (Lipinski definition) is 7. The van der Waals surface area contributed by atoms with Gasteiger partial charge in [0.05, 0.1) is 19.0 Å². The van der Waals surface area contributed by atoms with Crippen molar-refractivity contribution in [2.24, 2.45) is 0 Å². The molecule has 3 aromatic rings. The number of aliphatic hydroxyl groups is 1. The normalized spacial score (nSPS) is 12.0. The van der Waals surface area contributed by atoms with Gasteiger partial charge in [-0.15, -0.1) is 0 Å². The first kappa shape index (κ1) is 18.5. The summed E-state index contributed by atoms with van der Waals surface area (Å²) in [5.41, 5.74) is 0.581. The summed E-state index contributed by atoms with van der Waals surface area (Å²) in [4.78, 5) is 32.0. The van der Waals surface area contributed by atoms with Gasteiger partial charge in [-0.3, -0.25) is 14.2 Å². The predicted molar refractivity (Wildman–Crippen MR) is 98.3 cm³/mol. The van der Waals surface area contributed by atoms with E-state index in [1.807, 2.05) is 0 Å². The van der Waals surface area contributed by atoms with Crippen LogP contribution in [0, 0.1) is 0 Å². The zero-order valence-corrected chi connectivity index (χ0v) is 15.0. The number of pyridine rings is 1. The highest BCUT2D eigenvalue weighted by Gasteiger charge is 2.13. The summed E-state index contributed by atoms with van der Waals surface area (Å²) in [6, 6.07) is 8.11. The van der Waals surface area contributed by atoms with E-state index >= 15 is 0 Å². The quantitative estimate of drug-likeness (QED) is 0.629. The molecule has 1 aromatic carbocycles. The Bertz CT molecular complexity index is 1030. The first-order valence-electron chi connectivity index (χ1n) is 8.29. The average Bonchev–Trinajstić information content (AvgIpc) is 2.68. The van der Waals surface area contributed by atoms with Gasteiger partial charge in [0.25, 0.3) is 5.56 Å². The predicted octanol–water partition coefficient (Wildman–Crippen LogP) is 1.44. The first-order valence-corrected chi connectivity index (χ1v) is 8.29. The van der Waals surface area contributed by atoms with E-state index in [0.717, 1.165) is 0 Å². The third kappa shape index (κ3) is 4.12. The number of ether oxygens (including phenoxy) is 2. The maximum atomic E-state index is 12.4. The van der Waals surface area contributed by atoms with Crippen molar-refractivity contribution in [2.75, 3.05) is 13.7 Å². The molecule has 0 saturated heterocycles. The molecule has 0 bridgehead atoms. The van der Waals surface area contributed by atoms with Crippen molar-refractivity contribution in [3.8, 4) is 11.5 Å². The van der Waals surface area contributed by atoms with Gasteiger partial charge in [-0.2, -0.15) is 0 Å². The SMILES string of the molecule is COc1cc(C(C)=O)ccc1OC[C@@H](O)Cn1cnc2ncccc2c1=O. The lowest BCUT2D eigenvalue weighted by molar-refractivity contribution is 0.0898. The molecule has 0 unspecified atom stereocenters. The van der Waals surface area contributed by atoms with E-state index in [0.29, 0.717) is 28.1 Å². The Balaban J connectivity index is 1.70. The number of aliphatic hydroxyl groups excluding tert-OH is 1. The van der Waals surface area contributed by atoms with Gasteiger partial charge < -0.3 is 14.6 Å². The minimum Gasteiger partial charge on any atom is -0.493 e. The molecule has 0 aliphatic rings. The van der Waals surface area contributed by atoms with Gasteiger partial charge in [0.2, 0.25) is 0 Å². The maximum absolute atomic E-state index is 12.4. The molecule has 2 heterocycles. The van der Waals surface area contributed by atoms with Crippen molar-refractivity contribution in [3.05, 3.63) is 58.8 Å². The van der Waals surface area contributed by atoms with Crippen LogP contribution in [-0.2, 0) is 6.54 Å². The van der Waals surface area contributed by atoms with E-state index in [1.54, 1.807) is 36.5 Å². The van der Waals surface area contributed by atoms with E-state index in [2.05, 4.69) is 9.97 Å². The summed E-state index contributed by atoms with van der Waals surface area (Å²) in [5.74, 6) is 0.706. The van der Waals surface area contributed by atoms with Crippen LogP contribution in [0.3, 0.4) is 0 Å². The summed E-state index contributed by atoms with van der Waals surface area (Å²) >= 11 is 0. The van der Waals surface area contributed by atoms with Crippen molar-refractivity contribution in [1.29, 1.82) is 0 Å². The van der Waals surface area contributed by atoms with E-state index in [1.165, 1.54) is 24.9 Å². The van der Waals surface area contributed by atoms with Crippen LogP contribution in [0.5, 0.6) is 11.5 Å². The van der Waals surface area contributed by atoms with Crippen LogP contribution in [0.25, 0.3) is 11.0 Å². The fourth-order valence-electron chi connectivity index (χ4n) is 2.60. The number of rotatable bonds is 7. The molecule has 0 fully saturated rings. The fourth-order valence-corrected chi connectivity index (χ4v) is 2.60. The molecule has 2 aromatic heterocycles. The number of ketones is 1. The lowest BCUT2D eigenvalue weighted by atomic mass is 10.1. The third-order valence-corrected chi connectivity index (χ3v) is 4.01. The van der Waals surface area contributed by atoms with Crippen LogP contribution in [0.2, 0.25) is 0 Å². The zero-order valence-electron chi connectivity index (χ0n) is 15.0. The van der Waals surface area contributed by atoms with E-state index in [4.69, 9.17) is 9.47 Å². The Morgan fingerprint density at radius 2 is 2.07 bits per heavy atom. The Labute approximate surface area is 155 Å². The standard InChI is InChI=1S/C19H19N3O5/c1-12(23)13-5-6-16(17(8-13)26-2)27-10-14(24)9-22-11-21-18-15(19(22)25)4-3-7-20-18/h3-8,11,14,24H,9-10H2,1-2H3/t14-/m0/s1. The fraction of sp³-hybridized carbons (Fsp3) is 0.263.